The minimum Gasteiger partial charge on any atom is -0.484 e. The summed E-state index contributed by atoms with van der Waals surface area (Å²) in [6, 6.07) is 7.07. The Kier molecular flexibility index (Phi) is 5.36. The monoisotopic (exact) mass is 265 g/mol. The van der Waals surface area contributed by atoms with Crippen LogP contribution in [0.15, 0.2) is 24.3 Å². The van der Waals surface area contributed by atoms with E-state index in [2.05, 4.69) is 5.32 Å². The Balaban J connectivity index is 2.46. The Hall–Kier alpha value is -1.55. The van der Waals surface area contributed by atoms with Gasteiger partial charge in [0.05, 0.1) is 6.10 Å². The summed E-state index contributed by atoms with van der Waals surface area (Å²) in [5, 5.41) is 12.3. The van der Waals surface area contributed by atoms with E-state index in [0.29, 0.717) is 5.75 Å². The van der Waals surface area contributed by atoms with Crippen molar-refractivity contribution in [2.24, 2.45) is 0 Å². The van der Waals surface area contributed by atoms with Gasteiger partial charge in [-0.3, -0.25) is 4.79 Å². The summed E-state index contributed by atoms with van der Waals surface area (Å²) >= 11 is 0. The molecule has 0 radical (unpaired) electrons. The molecule has 0 saturated heterocycles. The average molecular weight is 265 g/mol. The van der Waals surface area contributed by atoms with E-state index in [1.54, 1.807) is 31.2 Å². The summed E-state index contributed by atoms with van der Waals surface area (Å²) in [4.78, 5) is 11.7. The second-order valence-corrected chi connectivity index (χ2v) is 5.32. The Labute approximate surface area is 114 Å². The lowest BCUT2D eigenvalue weighted by Crippen LogP contribution is -2.44. The quantitative estimate of drug-likeness (QED) is 0.830. The van der Waals surface area contributed by atoms with Crippen molar-refractivity contribution in [3.05, 3.63) is 29.8 Å². The molecule has 1 amide bonds. The topological polar surface area (TPSA) is 58.6 Å². The Morgan fingerprint density at radius 3 is 2.42 bits per heavy atom. The highest BCUT2D eigenvalue weighted by Crippen LogP contribution is 2.17. The summed E-state index contributed by atoms with van der Waals surface area (Å²) in [6.45, 7) is 7.67. The summed E-state index contributed by atoms with van der Waals surface area (Å²) in [7, 11) is 0. The lowest BCUT2D eigenvalue weighted by Gasteiger charge is -2.24. The molecule has 1 aromatic rings. The maximum Gasteiger partial charge on any atom is 0.258 e. The Morgan fingerprint density at radius 2 is 1.95 bits per heavy atom. The highest BCUT2D eigenvalue weighted by atomic mass is 16.5. The molecule has 1 aromatic carbocycles. The van der Waals surface area contributed by atoms with Gasteiger partial charge < -0.3 is 15.2 Å². The molecule has 19 heavy (non-hydrogen) atoms. The lowest BCUT2D eigenvalue weighted by atomic mass is 10.0. The van der Waals surface area contributed by atoms with Gasteiger partial charge in [0.25, 0.3) is 5.91 Å². The van der Waals surface area contributed by atoms with Gasteiger partial charge in [0.2, 0.25) is 0 Å². The first-order valence-electron chi connectivity index (χ1n) is 6.56. The van der Waals surface area contributed by atoms with Crippen molar-refractivity contribution in [3.63, 3.8) is 0 Å². The molecule has 1 atom stereocenters. The van der Waals surface area contributed by atoms with Gasteiger partial charge in [-0.05, 0) is 44.9 Å². The highest BCUT2D eigenvalue weighted by molar-refractivity contribution is 5.78. The molecule has 0 saturated carbocycles. The summed E-state index contributed by atoms with van der Waals surface area (Å²) in [5.74, 6) is 0.486. The number of nitrogens with one attached hydrogen (secondary N) is 1. The molecule has 0 bridgehead atoms. The van der Waals surface area contributed by atoms with E-state index in [0.717, 1.165) is 12.0 Å². The lowest BCUT2D eigenvalue weighted by molar-refractivity contribution is -0.124. The third-order valence-electron chi connectivity index (χ3n) is 3.09. The van der Waals surface area contributed by atoms with Gasteiger partial charge in [0.15, 0.2) is 6.61 Å². The number of aliphatic hydroxyl groups excluding tert-OH is 1. The number of hydrogen-bond donors (Lipinski definition) is 2. The zero-order chi connectivity index (χ0) is 14.5. The molecule has 0 heterocycles. The molecule has 4 heteroatoms. The van der Waals surface area contributed by atoms with E-state index >= 15 is 0 Å². The predicted octanol–water partition coefficient (Wildman–Crippen LogP) is 2.42. The Morgan fingerprint density at radius 1 is 1.37 bits per heavy atom. The van der Waals surface area contributed by atoms with Gasteiger partial charge in [0, 0.05) is 5.54 Å². The van der Waals surface area contributed by atoms with Gasteiger partial charge in [0.1, 0.15) is 5.75 Å². The van der Waals surface area contributed by atoms with Crippen LogP contribution in [0.5, 0.6) is 5.75 Å². The van der Waals surface area contributed by atoms with Crippen LogP contribution in [-0.2, 0) is 4.79 Å². The van der Waals surface area contributed by atoms with E-state index < -0.39 is 6.10 Å². The predicted molar refractivity (Wildman–Crippen MR) is 75.1 cm³/mol. The van der Waals surface area contributed by atoms with E-state index in [-0.39, 0.29) is 18.1 Å². The fourth-order valence-corrected chi connectivity index (χ4v) is 1.49. The zero-order valence-corrected chi connectivity index (χ0v) is 12.1. The molecule has 0 aromatic heterocycles. The molecule has 0 aliphatic heterocycles. The molecular weight excluding hydrogens is 242 g/mol. The van der Waals surface area contributed by atoms with Crippen LogP contribution < -0.4 is 10.1 Å². The number of carbonyl (C=O) groups excluding carboxylic acids is 1. The molecule has 4 nitrogen and oxygen atoms in total. The van der Waals surface area contributed by atoms with Crippen molar-refractivity contribution in [2.75, 3.05) is 6.61 Å². The van der Waals surface area contributed by atoms with Crippen molar-refractivity contribution in [1.29, 1.82) is 0 Å². The highest BCUT2D eigenvalue weighted by Gasteiger charge is 2.17. The van der Waals surface area contributed by atoms with Crippen LogP contribution in [-0.4, -0.2) is 23.2 Å². The van der Waals surface area contributed by atoms with E-state index in [1.165, 1.54) is 0 Å². The number of amides is 1. The van der Waals surface area contributed by atoms with Gasteiger partial charge >= 0.3 is 0 Å². The minimum atomic E-state index is -0.497. The molecule has 1 rings (SSSR count). The maximum atomic E-state index is 11.7. The smallest absolute Gasteiger partial charge is 0.258 e. The molecule has 0 fully saturated rings. The van der Waals surface area contributed by atoms with E-state index in [1.807, 2.05) is 20.8 Å². The molecule has 0 aliphatic rings. The first-order valence-corrected chi connectivity index (χ1v) is 6.56. The van der Waals surface area contributed by atoms with Crippen LogP contribution in [0.25, 0.3) is 0 Å². The van der Waals surface area contributed by atoms with Gasteiger partial charge in [-0.1, -0.05) is 19.1 Å². The molecule has 0 aliphatic carbocycles. The normalized spacial score (nSPS) is 12.9. The van der Waals surface area contributed by atoms with Crippen molar-refractivity contribution >= 4 is 5.91 Å². The second kappa shape index (κ2) is 6.57. The van der Waals surface area contributed by atoms with Crippen LogP contribution in [0.2, 0.25) is 0 Å². The fraction of sp³-hybridized carbons (Fsp3) is 0.533. The second-order valence-electron chi connectivity index (χ2n) is 5.32. The largest absolute Gasteiger partial charge is 0.484 e. The van der Waals surface area contributed by atoms with E-state index in [9.17, 15) is 9.90 Å². The van der Waals surface area contributed by atoms with Crippen LogP contribution in [0.4, 0.5) is 0 Å². The van der Waals surface area contributed by atoms with Crippen LogP contribution in [0.1, 0.15) is 45.8 Å². The number of hydrogen-bond acceptors (Lipinski definition) is 3. The van der Waals surface area contributed by atoms with Crippen molar-refractivity contribution in [3.8, 4) is 5.75 Å². The first kappa shape index (κ1) is 15.5. The first-order chi connectivity index (χ1) is 8.84. The van der Waals surface area contributed by atoms with E-state index in [4.69, 9.17) is 4.74 Å². The standard InChI is InChI=1S/C15H23NO3/c1-5-15(3,4)16-14(18)10-19-13-8-6-12(7-9-13)11(2)17/h6-9,11,17H,5,10H2,1-4H3,(H,16,18). The minimum absolute atomic E-state index is 0.00252. The SMILES string of the molecule is CCC(C)(C)NC(=O)COc1ccc(C(C)O)cc1. The molecule has 106 valence electrons. The van der Waals surface area contributed by atoms with Crippen molar-refractivity contribution in [2.45, 2.75) is 45.8 Å². The number of rotatable bonds is 6. The molecular formula is C15H23NO3. The van der Waals surface area contributed by atoms with Gasteiger partial charge in [-0.2, -0.15) is 0 Å². The summed E-state index contributed by atoms with van der Waals surface area (Å²) in [6.07, 6.45) is 0.365. The molecule has 1 unspecified atom stereocenters. The Bertz CT molecular complexity index is 410. The number of benzene rings is 1. The molecule has 2 N–H and O–H groups in total. The third-order valence-corrected chi connectivity index (χ3v) is 3.09. The fourth-order valence-electron chi connectivity index (χ4n) is 1.49. The van der Waals surface area contributed by atoms with Crippen LogP contribution in [0, 0.1) is 0 Å². The number of aliphatic hydroxyl groups is 1. The molecule has 0 spiro atoms. The third kappa shape index (κ3) is 5.30. The summed E-state index contributed by atoms with van der Waals surface area (Å²) in [5.41, 5.74) is 0.611. The van der Waals surface area contributed by atoms with Crippen LogP contribution >= 0.6 is 0 Å². The van der Waals surface area contributed by atoms with Crippen molar-refractivity contribution < 1.29 is 14.6 Å². The average Bonchev–Trinajstić information content (AvgIpc) is 2.36. The van der Waals surface area contributed by atoms with Gasteiger partial charge in [-0.15, -0.1) is 0 Å². The maximum absolute atomic E-state index is 11.7. The number of ether oxygens (including phenoxy) is 1. The van der Waals surface area contributed by atoms with Crippen LogP contribution in [0.3, 0.4) is 0 Å². The number of carbonyl (C=O) groups is 1. The van der Waals surface area contributed by atoms with Gasteiger partial charge in [-0.25, -0.2) is 0 Å². The summed E-state index contributed by atoms with van der Waals surface area (Å²) < 4.78 is 5.40. The zero-order valence-electron chi connectivity index (χ0n) is 12.1. The van der Waals surface area contributed by atoms with Crippen molar-refractivity contribution in [1.82, 2.24) is 5.32 Å².